The van der Waals surface area contributed by atoms with Crippen LogP contribution in [0.1, 0.15) is 45.1 Å². The van der Waals surface area contributed by atoms with Crippen LogP contribution in [0.2, 0.25) is 18.1 Å². The highest BCUT2D eigenvalue weighted by molar-refractivity contribution is 6.74. The zero-order valence-corrected chi connectivity index (χ0v) is 14.9. The smallest absolute Gasteiger partial charge is 0.250 e. The number of piperidine rings is 1. The van der Waals surface area contributed by atoms with Crippen molar-refractivity contribution in [1.82, 2.24) is 5.32 Å². The third-order valence-corrected chi connectivity index (χ3v) is 9.24. The highest BCUT2D eigenvalue weighted by Gasteiger charge is 2.39. The maximum absolute atomic E-state index is 14.1. The molecule has 118 valence electrons. The van der Waals surface area contributed by atoms with Gasteiger partial charge in [-0.1, -0.05) is 26.8 Å². The van der Waals surface area contributed by atoms with Crippen LogP contribution in [0, 0.1) is 5.82 Å². The third-order valence-electron chi connectivity index (χ3n) is 4.89. The van der Waals surface area contributed by atoms with E-state index in [1.165, 1.54) is 12.0 Å². The van der Waals surface area contributed by atoms with Gasteiger partial charge >= 0.3 is 0 Å². The molecule has 0 saturated carbocycles. The van der Waals surface area contributed by atoms with Crippen LogP contribution in [0.15, 0.2) is 18.2 Å². The Labute approximate surface area is 129 Å². The zero-order chi connectivity index (χ0) is 15.7. The van der Waals surface area contributed by atoms with Gasteiger partial charge in [0.15, 0.2) is 5.82 Å². The molecule has 0 aromatic heterocycles. The van der Waals surface area contributed by atoms with E-state index in [9.17, 15) is 4.39 Å². The molecule has 1 atom stereocenters. The van der Waals surface area contributed by atoms with E-state index in [1.807, 2.05) is 12.1 Å². The molecule has 4 heteroatoms. The molecule has 1 fully saturated rings. The Morgan fingerprint density at radius 3 is 2.57 bits per heavy atom. The number of benzene rings is 1. The summed E-state index contributed by atoms with van der Waals surface area (Å²) in [5.41, 5.74) is 1.19. The topological polar surface area (TPSA) is 21.3 Å². The van der Waals surface area contributed by atoms with Crippen molar-refractivity contribution < 1.29 is 8.82 Å². The summed E-state index contributed by atoms with van der Waals surface area (Å²) in [6, 6.07) is 5.39. The third kappa shape index (κ3) is 3.86. The first-order valence-corrected chi connectivity index (χ1v) is 10.8. The molecule has 0 aliphatic carbocycles. The van der Waals surface area contributed by atoms with Gasteiger partial charge in [0, 0.05) is 6.54 Å². The molecule has 2 rings (SSSR count). The van der Waals surface area contributed by atoms with Crippen LogP contribution in [0.4, 0.5) is 4.39 Å². The molecule has 1 heterocycles. The van der Waals surface area contributed by atoms with Crippen LogP contribution in [0.5, 0.6) is 5.75 Å². The molecule has 21 heavy (non-hydrogen) atoms. The van der Waals surface area contributed by atoms with Crippen molar-refractivity contribution in [2.45, 2.75) is 57.7 Å². The minimum Gasteiger partial charge on any atom is -0.542 e. The summed E-state index contributed by atoms with van der Waals surface area (Å²) in [4.78, 5) is 0. The van der Waals surface area contributed by atoms with E-state index in [4.69, 9.17) is 4.43 Å². The quantitative estimate of drug-likeness (QED) is 0.819. The van der Waals surface area contributed by atoms with Gasteiger partial charge in [-0.25, -0.2) is 4.39 Å². The maximum Gasteiger partial charge on any atom is 0.250 e. The fourth-order valence-corrected chi connectivity index (χ4v) is 3.43. The number of halogens is 1. The van der Waals surface area contributed by atoms with E-state index in [-0.39, 0.29) is 10.9 Å². The maximum atomic E-state index is 14.1. The van der Waals surface area contributed by atoms with Crippen LogP contribution in [-0.2, 0) is 0 Å². The minimum atomic E-state index is -2.01. The summed E-state index contributed by atoms with van der Waals surface area (Å²) in [5.74, 6) is 0.665. The summed E-state index contributed by atoms with van der Waals surface area (Å²) in [5, 5.41) is 3.49. The molecular weight excluding hydrogens is 281 g/mol. The Morgan fingerprint density at radius 2 is 2.00 bits per heavy atom. The molecule has 1 saturated heterocycles. The lowest BCUT2D eigenvalue weighted by Crippen LogP contribution is -2.44. The van der Waals surface area contributed by atoms with Crippen molar-refractivity contribution >= 4 is 8.32 Å². The second kappa shape index (κ2) is 6.09. The lowest BCUT2D eigenvalue weighted by Gasteiger charge is -2.36. The van der Waals surface area contributed by atoms with Gasteiger partial charge in [0.1, 0.15) is 5.75 Å². The minimum absolute atomic E-state index is 0.0713. The van der Waals surface area contributed by atoms with E-state index in [2.05, 4.69) is 39.2 Å². The number of rotatable bonds is 3. The molecule has 1 unspecified atom stereocenters. The van der Waals surface area contributed by atoms with E-state index < -0.39 is 8.32 Å². The largest absolute Gasteiger partial charge is 0.542 e. The van der Waals surface area contributed by atoms with Gasteiger partial charge in [-0.2, -0.15) is 0 Å². The summed E-state index contributed by atoms with van der Waals surface area (Å²) in [6.07, 6.45) is 2.35. The highest BCUT2D eigenvalue weighted by atomic mass is 28.4. The molecule has 0 amide bonds. The molecule has 0 radical (unpaired) electrons. The Kier molecular flexibility index (Phi) is 4.78. The summed E-state index contributed by atoms with van der Waals surface area (Å²) in [7, 11) is -2.01. The van der Waals surface area contributed by atoms with Crippen molar-refractivity contribution in [3.05, 3.63) is 29.6 Å². The second-order valence-corrected chi connectivity index (χ2v) is 12.3. The average Bonchev–Trinajstić information content (AvgIpc) is 2.41. The lowest BCUT2D eigenvalue weighted by molar-refractivity contribution is 0.444. The molecule has 1 aliphatic rings. The van der Waals surface area contributed by atoms with Gasteiger partial charge in [-0.3, -0.25) is 0 Å². The summed E-state index contributed by atoms with van der Waals surface area (Å²) in [6.45, 7) is 12.9. The van der Waals surface area contributed by atoms with Crippen molar-refractivity contribution in [3.63, 3.8) is 0 Å². The van der Waals surface area contributed by atoms with Gasteiger partial charge in [0.05, 0.1) is 0 Å². The van der Waals surface area contributed by atoms with Crippen molar-refractivity contribution in [1.29, 1.82) is 0 Å². The molecular formula is C17H28FNOSi. The van der Waals surface area contributed by atoms with Crippen molar-refractivity contribution in [3.8, 4) is 5.75 Å². The average molecular weight is 310 g/mol. The Morgan fingerprint density at radius 1 is 1.29 bits per heavy atom. The predicted octanol–water partition coefficient (Wildman–Crippen LogP) is 4.68. The number of nitrogens with one attached hydrogen (secondary N) is 1. The normalized spacial score (nSPS) is 20.4. The Balaban J connectivity index is 2.23. The monoisotopic (exact) mass is 309 g/mol. The zero-order valence-electron chi connectivity index (χ0n) is 13.9. The van der Waals surface area contributed by atoms with Gasteiger partial charge in [-0.05, 0) is 61.1 Å². The fraction of sp³-hybridized carbons (Fsp3) is 0.647. The first kappa shape index (κ1) is 16.5. The molecule has 0 bridgehead atoms. The number of hydrogen-bond acceptors (Lipinski definition) is 2. The van der Waals surface area contributed by atoms with Crippen molar-refractivity contribution in [2.24, 2.45) is 0 Å². The SMILES string of the molecule is CC(C)(C)[Si](C)(C)Oc1cc(C2CCCNC2)ccc1F. The molecule has 1 aromatic carbocycles. The van der Waals surface area contributed by atoms with Crippen LogP contribution in [0.25, 0.3) is 0 Å². The van der Waals surface area contributed by atoms with E-state index in [0.717, 1.165) is 19.5 Å². The Hall–Kier alpha value is -0.873. The van der Waals surface area contributed by atoms with Gasteiger partial charge in [0.2, 0.25) is 0 Å². The fourth-order valence-electron chi connectivity index (χ4n) is 2.42. The van der Waals surface area contributed by atoms with Crippen LogP contribution in [-0.4, -0.2) is 21.4 Å². The van der Waals surface area contributed by atoms with E-state index in [1.54, 1.807) is 6.07 Å². The first-order chi connectivity index (χ1) is 9.71. The summed E-state index contributed by atoms with van der Waals surface area (Å²) >= 11 is 0. The van der Waals surface area contributed by atoms with Crippen LogP contribution >= 0.6 is 0 Å². The van der Waals surface area contributed by atoms with E-state index >= 15 is 0 Å². The molecule has 1 aromatic rings. The predicted molar refractivity (Wildman–Crippen MR) is 89.1 cm³/mol. The summed E-state index contributed by atoms with van der Waals surface area (Å²) < 4.78 is 20.3. The van der Waals surface area contributed by atoms with Gasteiger partial charge < -0.3 is 9.74 Å². The van der Waals surface area contributed by atoms with Crippen LogP contribution < -0.4 is 9.74 Å². The molecule has 0 spiro atoms. The lowest BCUT2D eigenvalue weighted by atomic mass is 9.91. The standard InChI is InChI=1S/C17H28FNOSi/c1-17(2,3)21(4,5)20-16-11-13(8-9-15(16)18)14-7-6-10-19-12-14/h8-9,11,14,19H,6-7,10,12H2,1-5H3. The van der Waals surface area contributed by atoms with Gasteiger partial charge in [-0.15, -0.1) is 0 Å². The van der Waals surface area contributed by atoms with Crippen LogP contribution in [0.3, 0.4) is 0 Å². The van der Waals surface area contributed by atoms with E-state index in [0.29, 0.717) is 11.7 Å². The van der Waals surface area contributed by atoms with Crippen molar-refractivity contribution in [2.75, 3.05) is 13.1 Å². The van der Waals surface area contributed by atoms with Gasteiger partial charge in [0.25, 0.3) is 8.32 Å². The molecule has 1 aliphatic heterocycles. The molecule has 2 nitrogen and oxygen atoms in total. The second-order valence-electron chi connectivity index (χ2n) is 7.60. The highest BCUT2D eigenvalue weighted by Crippen LogP contribution is 2.38. The Bertz CT molecular complexity index is 490. The number of hydrogen-bond donors (Lipinski definition) is 1. The first-order valence-electron chi connectivity index (χ1n) is 7.90. The molecule has 1 N–H and O–H groups in total.